The molecule has 1 atom stereocenters. The fourth-order valence-corrected chi connectivity index (χ4v) is 0.215. The molecule has 1 N–H and O–H groups in total. The molecule has 0 saturated heterocycles. The van der Waals surface area contributed by atoms with Crippen molar-refractivity contribution in [2.45, 2.75) is 13.2 Å². The number of hydrogen-bond donors (Lipinski definition) is 1. The van der Waals surface area contributed by atoms with Gasteiger partial charge in [-0.3, -0.25) is 0 Å². The first kappa shape index (κ1) is 6.85. The highest BCUT2D eigenvalue weighted by atomic mass is 19.1. The minimum atomic E-state index is -0.837. The maximum atomic E-state index is 11.1. The van der Waals surface area contributed by atoms with Gasteiger partial charge in [-0.15, -0.1) is 0 Å². The molecule has 0 aromatic carbocycles. The molecular weight excluding hydrogens is 99.0 g/mol. The zero-order valence-corrected chi connectivity index (χ0v) is 4.22. The van der Waals surface area contributed by atoms with Crippen LogP contribution in [0.25, 0.3) is 0 Å². The molecule has 0 fully saturated rings. The molecule has 0 spiro atoms. The van der Waals surface area contributed by atoms with E-state index in [2.05, 4.69) is 4.74 Å². The van der Waals surface area contributed by atoms with Crippen molar-refractivity contribution < 1.29 is 14.2 Å². The van der Waals surface area contributed by atoms with Crippen LogP contribution in [0.3, 0.4) is 0 Å². The molecule has 3 heteroatoms. The Bertz CT molecular complexity index is 38.7. The molecule has 0 aliphatic heterocycles. The van der Waals surface area contributed by atoms with Crippen LogP contribution in [-0.4, -0.2) is 24.7 Å². The number of aliphatic hydroxyl groups excluding tert-OH is 1. The van der Waals surface area contributed by atoms with E-state index in [1.165, 1.54) is 6.92 Å². The molecule has 1 unspecified atom stereocenters. The molecule has 0 heterocycles. The van der Waals surface area contributed by atoms with Gasteiger partial charge in [0.05, 0.1) is 6.61 Å². The van der Waals surface area contributed by atoms with Crippen molar-refractivity contribution >= 4 is 0 Å². The van der Waals surface area contributed by atoms with Gasteiger partial charge < -0.3 is 9.84 Å². The van der Waals surface area contributed by atoms with Crippen molar-refractivity contribution in [2.24, 2.45) is 0 Å². The van der Waals surface area contributed by atoms with Crippen molar-refractivity contribution in [2.75, 3.05) is 13.3 Å². The van der Waals surface area contributed by atoms with Crippen LogP contribution in [0.2, 0.25) is 0 Å². The second kappa shape index (κ2) is 4.02. The summed E-state index contributed by atoms with van der Waals surface area (Å²) in [6, 6.07) is 0. The average Bonchev–Trinajstić information content (AvgIpc) is 1.61. The Morgan fingerprint density at radius 1 is 1.86 bits per heavy atom. The zero-order chi connectivity index (χ0) is 5.70. The first-order chi connectivity index (χ1) is 3.27. The van der Waals surface area contributed by atoms with Gasteiger partial charge in [-0.1, -0.05) is 0 Å². The van der Waals surface area contributed by atoms with E-state index in [4.69, 9.17) is 5.11 Å². The van der Waals surface area contributed by atoms with Crippen molar-refractivity contribution in [1.29, 1.82) is 0 Å². The van der Waals surface area contributed by atoms with E-state index < -0.39 is 13.0 Å². The lowest BCUT2D eigenvalue weighted by atomic mass is 10.7. The molecule has 0 aromatic heterocycles. The van der Waals surface area contributed by atoms with Crippen LogP contribution >= 0.6 is 0 Å². The number of halogens is 1. The minimum absolute atomic E-state index is 0.0162. The van der Waals surface area contributed by atoms with Crippen molar-refractivity contribution in [3.63, 3.8) is 0 Å². The fourth-order valence-electron chi connectivity index (χ4n) is 0.215. The second-order valence-corrected chi connectivity index (χ2v) is 1.16. The molecule has 7 heavy (non-hydrogen) atoms. The van der Waals surface area contributed by atoms with Crippen molar-refractivity contribution in [3.8, 4) is 0 Å². The Morgan fingerprint density at radius 2 is 2.43 bits per heavy atom. The molecule has 0 saturated carbocycles. The molecule has 0 rings (SSSR count). The maximum absolute atomic E-state index is 11.1. The van der Waals surface area contributed by atoms with Gasteiger partial charge in [0.2, 0.25) is 0 Å². The quantitative estimate of drug-likeness (QED) is 0.527. The Labute approximate surface area is 41.9 Å². The van der Waals surface area contributed by atoms with Gasteiger partial charge in [0.15, 0.2) is 6.29 Å². The Morgan fingerprint density at radius 3 is 2.57 bits per heavy atom. The van der Waals surface area contributed by atoms with Crippen molar-refractivity contribution in [3.05, 3.63) is 0 Å². The second-order valence-electron chi connectivity index (χ2n) is 1.16. The average molecular weight is 108 g/mol. The summed E-state index contributed by atoms with van der Waals surface area (Å²) >= 11 is 0. The summed E-state index contributed by atoms with van der Waals surface area (Å²) in [5.74, 6) is 0. The highest BCUT2D eigenvalue weighted by molar-refractivity contribution is 4.24. The number of aliphatic hydroxyl groups is 1. The third kappa shape index (κ3) is 5.85. The molecule has 0 bridgehead atoms. The number of ether oxygens (including phenoxy) is 1. The highest BCUT2D eigenvalue weighted by Gasteiger charge is 1.90. The van der Waals surface area contributed by atoms with E-state index in [1.807, 2.05) is 0 Å². The molecular formula is C4H9FO2. The standard InChI is InChI=1S/C4H9FO2/c1-4(6)7-3-2-5/h4,6H,2-3H2,1H3. The lowest BCUT2D eigenvalue weighted by Gasteiger charge is -2.00. The summed E-state index contributed by atoms with van der Waals surface area (Å²) < 4.78 is 15.5. The maximum Gasteiger partial charge on any atom is 0.151 e. The van der Waals surface area contributed by atoms with E-state index in [-0.39, 0.29) is 6.61 Å². The molecule has 0 aromatic rings. The minimum Gasteiger partial charge on any atom is -0.368 e. The number of alkyl halides is 1. The van der Waals surface area contributed by atoms with Gasteiger partial charge >= 0.3 is 0 Å². The van der Waals surface area contributed by atoms with Crippen LogP contribution in [0.15, 0.2) is 0 Å². The Balaban J connectivity index is 2.68. The van der Waals surface area contributed by atoms with Gasteiger partial charge in [0.1, 0.15) is 6.67 Å². The van der Waals surface area contributed by atoms with E-state index in [0.29, 0.717) is 0 Å². The van der Waals surface area contributed by atoms with Crippen LogP contribution in [0.1, 0.15) is 6.92 Å². The summed E-state index contributed by atoms with van der Waals surface area (Å²) in [6.45, 7) is 0.887. The van der Waals surface area contributed by atoms with Gasteiger partial charge in [0.25, 0.3) is 0 Å². The predicted octanol–water partition coefficient (Wildman–Crippen LogP) is 0.311. The summed E-state index contributed by atoms with van der Waals surface area (Å²) in [7, 11) is 0. The van der Waals surface area contributed by atoms with Gasteiger partial charge in [-0.2, -0.15) is 0 Å². The van der Waals surface area contributed by atoms with Crippen molar-refractivity contribution in [1.82, 2.24) is 0 Å². The van der Waals surface area contributed by atoms with E-state index in [1.54, 1.807) is 0 Å². The lowest BCUT2D eigenvalue weighted by molar-refractivity contribution is -0.0879. The van der Waals surface area contributed by atoms with Gasteiger partial charge in [-0.25, -0.2) is 4.39 Å². The fraction of sp³-hybridized carbons (Fsp3) is 1.00. The van der Waals surface area contributed by atoms with Crippen LogP contribution in [0.4, 0.5) is 4.39 Å². The number of hydrogen-bond acceptors (Lipinski definition) is 2. The summed E-state index contributed by atoms with van der Waals surface area (Å²) in [4.78, 5) is 0. The third-order valence-electron chi connectivity index (χ3n) is 0.436. The van der Waals surface area contributed by atoms with E-state index >= 15 is 0 Å². The monoisotopic (exact) mass is 108 g/mol. The Hall–Kier alpha value is -0.150. The molecule has 44 valence electrons. The highest BCUT2D eigenvalue weighted by Crippen LogP contribution is 1.81. The lowest BCUT2D eigenvalue weighted by Crippen LogP contribution is -2.07. The molecule has 0 amide bonds. The van der Waals surface area contributed by atoms with E-state index in [0.717, 1.165) is 0 Å². The van der Waals surface area contributed by atoms with Crippen LogP contribution in [0.5, 0.6) is 0 Å². The molecule has 0 aliphatic rings. The normalized spacial score (nSPS) is 14.1. The summed E-state index contributed by atoms with van der Waals surface area (Å²) in [5, 5.41) is 8.29. The topological polar surface area (TPSA) is 29.5 Å². The van der Waals surface area contributed by atoms with Crippen LogP contribution in [-0.2, 0) is 4.74 Å². The zero-order valence-electron chi connectivity index (χ0n) is 4.22. The molecule has 0 aliphatic carbocycles. The SMILES string of the molecule is CC(O)OCCF. The number of rotatable bonds is 3. The van der Waals surface area contributed by atoms with E-state index in [9.17, 15) is 4.39 Å². The first-order valence-corrected chi connectivity index (χ1v) is 2.13. The van der Waals surface area contributed by atoms with Gasteiger partial charge in [0, 0.05) is 0 Å². The summed E-state index contributed by atoms with van der Waals surface area (Å²) in [5.41, 5.74) is 0. The Kier molecular flexibility index (Phi) is 3.93. The third-order valence-corrected chi connectivity index (χ3v) is 0.436. The largest absolute Gasteiger partial charge is 0.368 e. The predicted molar refractivity (Wildman–Crippen MR) is 23.6 cm³/mol. The molecule has 0 radical (unpaired) electrons. The molecule has 2 nitrogen and oxygen atoms in total. The smallest absolute Gasteiger partial charge is 0.151 e. The summed E-state index contributed by atoms with van der Waals surface area (Å²) in [6.07, 6.45) is -0.837. The van der Waals surface area contributed by atoms with Crippen LogP contribution in [0, 0.1) is 0 Å². The first-order valence-electron chi connectivity index (χ1n) is 2.13. The van der Waals surface area contributed by atoms with Crippen LogP contribution < -0.4 is 0 Å². The van der Waals surface area contributed by atoms with Gasteiger partial charge in [-0.05, 0) is 6.92 Å².